The van der Waals surface area contributed by atoms with Gasteiger partial charge in [0.25, 0.3) is 0 Å². The van der Waals surface area contributed by atoms with Crippen LogP contribution in [0.2, 0.25) is 0 Å². The predicted octanol–water partition coefficient (Wildman–Crippen LogP) is 2.76. The first-order valence-electron chi connectivity index (χ1n) is 11.8. The second kappa shape index (κ2) is 11.4. The van der Waals surface area contributed by atoms with Crippen LogP contribution in [0.15, 0.2) is 71.8 Å². The minimum absolute atomic E-state index is 0.139. The summed E-state index contributed by atoms with van der Waals surface area (Å²) in [5.41, 5.74) is 2.06. The third kappa shape index (κ3) is 6.29. The molecule has 2 heterocycles. The Balaban J connectivity index is 1.45. The van der Waals surface area contributed by atoms with Gasteiger partial charge in [-0.3, -0.25) is 9.36 Å². The molecule has 2 N–H and O–H groups in total. The van der Waals surface area contributed by atoms with E-state index in [4.69, 9.17) is 0 Å². The molecule has 4 rings (SSSR count). The molecule has 1 atom stereocenters. The van der Waals surface area contributed by atoms with E-state index in [1.165, 1.54) is 10.8 Å². The van der Waals surface area contributed by atoms with Crippen molar-refractivity contribution in [3.63, 3.8) is 0 Å². The maximum absolute atomic E-state index is 13.1. The largest absolute Gasteiger partial charge is 0.348 e. The lowest BCUT2D eigenvalue weighted by Gasteiger charge is -2.16. The Hall–Kier alpha value is -4.07. The van der Waals surface area contributed by atoms with E-state index in [2.05, 4.69) is 20.6 Å². The van der Waals surface area contributed by atoms with Crippen LogP contribution in [0.5, 0.6) is 0 Å². The zero-order valence-electron chi connectivity index (χ0n) is 19.7. The molecule has 179 valence electrons. The number of nitrogens with zero attached hydrogens (tertiary/aromatic N) is 3. The van der Waals surface area contributed by atoms with E-state index >= 15 is 0 Å². The number of fused-ring (bicyclic) bond motifs is 1. The minimum atomic E-state index is -0.469. The fourth-order valence-corrected chi connectivity index (χ4v) is 4.13. The van der Waals surface area contributed by atoms with Crippen molar-refractivity contribution in [3.05, 3.63) is 83.0 Å². The second-order valence-corrected chi connectivity index (χ2v) is 8.66. The van der Waals surface area contributed by atoms with Crippen molar-refractivity contribution in [3.8, 4) is 0 Å². The summed E-state index contributed by atoms with van der Waals surface area (Å²) in [6.07, 6.45) is 7.03. The number of rotatable bonds is 11. The number of hydrogen-bond donors (Lipinski definition) is 2. The van der Waals surface area contributed by atoms with Crippen molar-refractivity contribution in [1.29, 1.82) is 0 Å². The van der Waals surface area contributed by atoms with E-state index in [1.807, 2.05) is 48.5 Å². The smallest absolute Gasteiger partial charge is 0.340 e. The van der Waals surface area contributed by atoms with Gasteiger partial charge in [0, 0.05) is 23.6 Å². The van der Waals surface area contributed by atoms with Gasteiger partial charge in [-0.05, 0) is 30.8 Å². The summed E-state index contributed by atoms with van der Waals surface area (Å²) in [4.78, 5) is 45.1. The van der Waals surface area contributed by atoms with Crippen LogP contribution in [-0.2, 0) is 16.1 Å². The molecule has 1 radical (unpaired) electrons. The third-order valence-electron chi connectivity index (χ3n) is 5.94. The van der Waals surface area contributed by atoms with Gasteiger partial charge in [0.2, 0.25) is 5.91 Å². The van der Waals surface area contributed by atoms with E-state index in [9.17, 15) is 14.4 Å². The lowest BCUT2D eigenvalue weighted by molar-refractivity contribution is -0.122. The molecule has 8 nitrogen and oxygen atoms in total. The fourth-order valence-electron chi connectivity index (χ4n) is 4.13. The zero-order valence-corrected chi connectivity index (χ0v) is 19.7. The van der Waals surface area contributed by atoms with Gasteiger partial charge in [-0.2, -0.15) is 0 Å². The number of carbonyl (C=O) groups is 2. The maximum atomic E-state index is 13.1. The van der Waals surface area contributed by atoms with Crippen molar-refractivity contribution in [2.75, 3.05) is 0 Å². The van der Waals surface area contributed by atoms with Crippen LogP contribution in [0.4, 0.5) is 0 Å². The molecule has 0 spiro atoms. The van der Waals surface area contributed by atoms with Crippen LogP contribution in [0.3, 0.4) is 0 Å². The molecular weight excluding hydrogens is 442 g/mol. The van der Waals surface area contributed by atoms with Gasteiger partial charge in [0.1, 0.15) is 18.4 Å². The van der Waals surface area contributed by atoms with Gasteiger partial charge in [-0.25, -0.2) is 15.1 Å². The molecule has 1 amide bonds. The molecule has 2 aromatic carbocycles. The van der Waals surface area contributed by atoms with Crippen LogP contribution in [0, 0.1) is 0 Å². The highest BCUT2D eigenvalue weighted by Crippen LogP contribution is 2.15. The van der Waals surface area contributed by atoms with Crippen LogP contribution >= 0.6 is 0 Å². The fraction of sp³-hybridized carbons (Fsp3) is 0.296. The SMILES string of the molecule is CC(=O)CCCCC[C@H](NC(=O)Cn1c(=O)ncc2ccccc21)C1=[N+]C=C(c2ccccc2)N1. The molecule has 35 heavy (non-hydrogen) atoms. The van der Waals surface area contributed by atoms with Crippen molar-refractivity contribution in [2.45, 2.75) is 51.6 Å². The Morgan fingerprint density at radius 3 is 2.63 bits per heavy atom. The summed E-state index contributed by atoms with van der Waals surface area (Å²) in [7, 11) is 0. The summed E-state index contributed by atoms with van der Waals surface area (Å²) < 4.78 is 1.38. The first-order valence-corrected chi connectivity index (χ1v) is 11.8. The number of aliphatic imine (C=N–C) groups is 1. The molecule has 0 aliphatic carbocycles. The molecule has 8 heteroatoms. The first-order chi connectivity index (χ1) is 17.0. The van der Waals surface area contributed by atoms with Crippen molar-refractivity contribution >= 4 is 34.1 Å². The van der Waals surface area contributed by atoms with Crippen LogP contribution in [-0.4, -0.2) is 33.1 Å². The van der Waals surface area contributed by atoms with Gasteiger partial charge in [-0.1, -0.05) is 61.4 Å². The molecule has 3 aromatic rings. The number of aromatic nitrogens is 2. The number of hydrogen-bond acceptors (Lipinski definition) is 6. The number of ketones is 1. The highest BCUT2D eigenvalue weighted by atomic mass is 16.2. The van der Waals surface area contributed by atoms with Gasteiger partial charge in [0.05, 0.1) is 5.52 Å². The highest BCUT2D eigenvalue weighted by Gasteiger charge is 2.31. The summed E-state index contributed by atoms with van der Waals surface area (Å²) in [5.74, 6) is 0.548. The number of Topliss-reactive ketones (excluding diaryl/α,β-unsaturated/α-hetero) is 1. The van der Waals surface area contributed by atoms with E-state index in [0.717, 1.165) is 35.9 Å². The number of amidine groups is 1. The topological polar surface area (TPSA) is 107 Å². The number of nitrogens with one attached hydrogen (secondary N) is 2. The number of unbranched alkanes of at least 4 members (excludes halogenated alkanes) is 2. The van der Waals surface area contributed by atoms with Crippen LogP contribution < -0.4 is 21.3 Å². The molecule has 1 aliphatic rings. The van der Waals surface area contributed by atoms with Gasteiger partial charge < -0.3 is 10.1 Å². The normalized spacial score (nSPS) is 13.6. The molecular formula is C27H29N5O3+. The van der Waals surface area contributed by atoms with Crippen molar-refractivity contribution in [2.24, 2.45) is 0 Å². The Bertz CT molecular complexity index is 1330. The predicted molar refractivity (Wildman–Crippen MR) is 136 cm³/mol. The summed E-state index contributed by atoms with van der Waals surface area (Å²) in [5, 5.41) is 7.18. The van der Waals surface area contributed by atoms with Crippen LogP contribution in [0.25, 0.3) is 16.6 Å². The Labute approximate surface area is 203 Å². The average Bonchev–Trinajstić information content (AvgIpc) is 3.36. The standard InChI is InChI=1S/C27H29N5O3/c1-19(33)10-4-2-7-14-22(26-28-17-23(31-26)20-11-5-3-6-12-20)30-25(34)18-32-24-15-9-8-13-21(24)16-29-27(32)35/h3,5-6,8-9,11-13,15-17,22,31H,2,4,7,10,14,18H2,1H3,(H,30,34)/q+1/t22-/m0/s1. The molecule has 1 aromatic heterocycles. The van der Waals surface area contributed by atoms with Crippen LogP contribution in [0.1, 0.15) is 44.6 Å². The maximum Gasteiger partial charge on any atom is 0.348 e. The van der Waals surface area contributed by atoms with E-state index < -0.39 is 5.69 Å². The second-order valence-electron chi connectivity index (χ2n) is 8.66. The quantitative estimate of drug-likeness (QED) is 0.418. The molecule has 0 unspecified atom stereocenters. The molecule has 1 aliphatic heterocycles. The van der Waals surface area contributed by atoms with E-state index in [0.29, 0.717) is 24.2 Å². The molecule has 0 saturated carbocycles. The van der Waals surface area contributed by atoms with Gasteiger partial charge >= 0.3 is 11.5 Å². The minimum Gasteiger partial charge on any atom is -0.340 e. The first kappa shape index (κ1) is 24.1. The monoisotopic (exact) mass is 471 g/mol. The Morgan fingerprint density at radius 1 is 1.06 bits per heavy atom. The van der Waals surface area contributed by atoms with Crippen molar-refractivity contribution < 1.29 is 9.59 Å². The summed E-state index contributed by atoms with van der Waals surface area (Å²) in [6, 6.07) is 16.9. The van der Waals surface area contributed by atoms with Gasteiger partial charge in [0.15, 0.2) is 11.9 Å². The van der Waals surface area contributed by atoms with E-state index in [1.54, 1.807) is 19.2 Å². The molecule has 0 fully saturated rings. The Kier molecular flexibility index (Phi) is 7.82. The molecule has 0 saturated heterocycles. The number of benzene rings is 2. The average molecular weight is 472 g/mol. The zero-order chi connectivity index (χ0) is 24.6. The molecule has 0 bridgehead atoms. The van der Waals surface area contributed by atoms with Crippen molar-refractivity contribution in [1.82, 2.24) is 25.2 Å². The Morgan fingerprint density at radius 2 is 1.83 bits per heavy atom. The highest BCUT2D eigenvalue weighted by molar-refractivity contribution is 5.99. The lowest BCUT2D eigenvalue weighted by Crippen LogP contribution is -2.48. The van der Waals surface area contributed by atoms with Gasteiger partial charge in [-0.15, -0.1) is 0 Å². The summed E-state index contributed by atoms with van der Waals surface area (Å²) >= 11 is 0. The third-order valence-corrected chi connectivity index (χ3v) is 5.94. The number of para-hydroxylation sites is 1. The summed E-state index contributed by atoms with van der Waals surface area (Å²) in [6.45, 7) is 1.46. The lowest BCUT2D eigenvalue weighted by atomic mass is 10.0. The number of carbonyl (C=O) groups excluding carboxylic acids is 2. The number of amides is 1. The van der Waals surface area contributed by atoms with E-state index in [-0.39, 0.29) is 24.3 Å².